The third-order valence-electron chi connectivity index (χ3n) is 3.80. The summed E-state index contributed by atoms with van der Waals surface area (Å²) < 4.78 is 2.11. The van der Waals surface area contributed by atoms with Gasteiger partial charge in [0.1, 0.15) is 11.3 Å². The highest BCUT2D eigenvalue weighted by Gasteiger charge is 2.13. The predicted molar refractivity (Wildman–Crippen MR) is 72.6 cm³/mol. The summed E-state index contributed by atoms with van der Waals surface area (Å²) in [6, 6.07) is 4.25. The van der Waals surface area contributed by atoms with Crippen molar-refractivity contribution in [3.8, 4) is 0 Å². The van der Waals surface area contributed by atoms with Gasteiger partial charge < -0.3 is 4.57 Å². The van der Waals surface area contributed by atoms with E-state index in [1.807, 2.05) is 0 Å². The van der Waals surface area contributed by atoms with Crippen LogP contribution in [0.2, 0.25) is 0 Å². The summed E-state index contributed by atoms with van der Waals surface area (Å²) in [5.41, 5.74) is 4.05. The van der Waals surface area contributed by atoms with Gasteiger partial charge in [0, 0.05) is 18.4 Å². The molecule has 1 N–H and O–H groups in total. The van der Waals surface area contributed by atoms with Gasteiger partial charge in [-0.15, -0.1) is 0 Å². The number of fused-ring (bicyclic) bond motifs is 2. The van der Waals surface area contributed by atoms with Gasteiger partial charge in [0.05, 0.1) is 5.52 Å². The highest BCUT2D eigenvalue weighted by molar-refractivity contribution is 5.81. The van der Waals surface area contributed by atoms with E-state index in [9.17, 15) is 0 Å². The molecule has 0 radical (unpaired) electrons. The Morgan fingerprint density at radius 1 is 1.17 bits per heavy atom. The van der Waals surface area contributed by atoms with E-state index in [1.165, 1.54) is 30.4 Å². The second-order valence-corrected chi connectivity index (χ2v) is 5.32. The number of benzene rings is 1. The zero-order valence-electron chi connectivity index (χ0n) is 11.1. The topological polar surface area (TPSA) is 41.7 Å². The minimum absolute atomic E-state index is 0.642. The van der Waals surface area contributed by atoms with Crippen molar-refractivity contribution in [1.82, 2.24) is 9.55 Å². The Hall–Kier alpha value is -1.64. The molecule has 3 nitrogen and oxygen atoms in total. The Morgan fingerprint density at radius 2 is 2.00 bits per heavy atom. The number of hydrogen-bond acceptors (Lipinski definition) is 2. The van der Waals surface area contributed by atoms with Crippen LogP contribution in [-0.4, -0.2) is 9.55 Å². The third kappa shape index (κ3) is 1.74. The molecule has 0 spiro atoms. The van der Waals surface area contributed by atoms with Crippen LogP contribution in [0.25, 0.3) is 10.9 Å². The first-order chi connectivity index (χ1) is 8.66. The number of rotatable bonds is 0. The summed E-state index contributed by atoms with van der Waals surface area (Å²) in [5.74, 6) is 1.09. The molecule has 1 aromatic carbocycles. The lowest BCUT2D eigenvalue weighted by Gasteiger charge is -2.13. The van der Waals surface area contributed by atoms with Crippen LogP contribution in [0.3, 0.4) is 0 Å². The summed E-state index contributed by atoms with van der Waals surface area (Å²) in [7, 11) is 0. The van der Waals surface area contributed by atoms with Gasteiger partial charge in [-0.25, -0.2) is 4.98 Å². The molecule has 94 valence electrons. The van der Waals surface area contributed by atoms with Crippen molar-refractivity contribution in [2.75, 3.05) is 0 Å². The molecule has 2 heterocycles. The molecule has 0 amide bonds. The summed E-state index contributed by atoms with van der Waals surface area (Å²) in [5, 5.41) is 9.43. The summed E-state index contributed by atoms with van der Waals surface area (Å²) in [4.78, 5) is 4.82. The van der Waals surface area contributed by atoms with E-state index in [-0.39, 0.29) is 0 Å². The highest BCUT2D eigenvalue weighted by Crippen LogP contribution is 2.18. The van der Waals surface area contributed by atoms with Crippen molar-refractivity contribution in [1.29, 1.82) is 5.41 Å². The first kappa shape index (κ1) is 11.5. The lowest BCUT2D eigenvalue weighted by Crippen LogP contribution is -2.25. The zero-order valence-corrected chi connectivity index (χ0v) is 11.1. The minimum atomic E-state index is 0.642. The SMILES string of the molecule is Cc1cc(C)c2nc3n(c(=N)c2c1)CCCCC3. The van der Waals surface area contributed by atoms with Crippen molar-refractivity contribution in [2.45, 2.75) is 46.1 Å². The van der Waals surface area contributed by atoms with Crippen LogP contribution in [0, 0.1) is 19.3 Å². The molecule has 0 saturated heterocycles. The monoisotopic (exact) mass is 241 g/mol. The van der Waals surface area contributed by atoms with Gasteiger partial charge in [-0.2, -0.15) is 0 Å². The fourth-order valence-corrected chi connectivity index (χ4v) is 2.91. The van der Waals surface area contributed by atoms with Gasteiger partial charge in [-0.3, -0.25) is 5.41 Å². The molecule has 0 unspecified atom stereocenters. The zero-order chi connectivity index (χ0) is 12.7. The van der Waals surface area contributed by atoms with Crippen molar-refractivity contribution in [3.05, 3.63) is 34.6 Å². The molecule has 0 saturated carbocycles. The second-order valence-electron chi connectivity index (χ2n) is 5.32. The maximum absolute atomic E-state index is 8.43. The van der Waals surface area contributed by atoms with Gasteiger partial charge in [-0.1, -0.05) is 12.5 Å². The van der Waals surface area contributed by atoms with E-state index in [0.717, 1.165) is 29.7 Å². The molecule has 3 rings (SSSR count). The summed E-state index contributed by atoms with van der Waals surface area (Å²) >= 11 is 0. The van der Waals surface area contributed by atoms with Crippen molar-refractivity contribution in [2.24, 2.45) is 0 Å². The first-order valence-electron chi connectivity index (χ1n) is 6.72. The number of nitrogens with zero attached hydrogens (tertiary/aromatic N) is 2. The normalized spacial score (nSPS) is 15.4. The molecule has 3 heteroatoms. The van der Waals surface area contributed by atoms with Crippen LogP contribution in [0.1, 0.15) is 36.2 Å². The molecular weight excluding hydrogens is 222 g/mol. The average molecular weight is 241 g/mol. The van der Waals surface area contributed by atoms with Gasteiger partial charge in [0.15, 0.2) is 0 Å². The molecular formula is C15H19N3. The van der Waals surface area contributed by atoms with E-state index >= 15 is 0 Å². The van der Waals surface area contributed by atoms with Gasteiger partial charge in [-0.05, 0) is 43.9 Å². The van der Waals surface area contributed by atoms with Crippen LogP contribution >= 0.6 is 0 Å². The number of aryl methyl sites for hydroxylation is 3. The molecule has 1 aliphatic heterocycles. The number of aromatic nitrogens is 2. The van der Waals surface area contributed by atoms with E-state index in [2.05, 4.69) is 30.5 Å². The number of nitrogens with one attached hydrogen (secondary N) is 1. The summed E-state index contributed by atoms with van der Waals surface area (Å²) in [6.07, 6.45) is 4.62. The first-order valence-corrected chi connectivity index (χ1v) is 6.72. The van der Waals surface area contributed by atoms with Crippen LogP contribution in [0.4, 0.5) is 0 Å². The van der Waals surface area contributed by atoms with Crippen LogP contribution in [0.5, 0.6) is 0 Å². The lowest BCUT2D eigenvalue weighted by molar-refractivity contribution is 0.602. The smallest absolute Gasteiger partial charge is 0.135 e. The predicted octanol–water partition coefficient (Wildman–Crippen LogP) is 2.86. The Bertz CT molecular complexity index is 667. The molecule has 18 heavy (non-hydrogen) atoms. The third-order valence-corrected chi connectivity index (χ3v) is 3.80. The Balaban J connectivity index is 2.38. The maximum Gasteiger partial charge on any atom is 0.135 e. The minimum Gasteiger partial charge on any atom is -0.314 e. The van der Waals surface area contributed by atoms with Crippen molar-refractivity contribution < 1.29 is 0 Å². The average Bonchev–Trinajstić information content (AvgIpc) is 2.56. The fourth-order valence-electron chi connectivity index (χ4n) is 2.91. The van der Waals surface area contributed by atoms with E-state index in [1.54, 1.807) is 0 Å². The summed E-state index contributed by atoms with van der Waals surface area (Å²) in [6.45, 7) is 5.13. The number of hydrogen-bond donors (Lipinski definition) is 1. The Labute approximate surface area is 107 Å². The Kier molecular flexibility index (Phi) is 2.69. The van der Waals surface area contributed by atoms with Crippen LogP contribution in [0.15, 0.2) is 12.1 Å². The molecule has 0 bridgehead atoms. The molecule has 1 aliphatic rings. The van der Waals surface area contributed by atoms with Crippen LogP contribution < -0.4 is 5.49 Å². The maximum atomic E-state index is 8.43. The largest absolute Gasteiger partial charge is 0.314 e. The molecule has 0 aliphatic carbocycles. The molecule has 0 fully saturated rings. The van der Waals surface area contributed by atoms with Gasteiger partial charge in [0.2, 0.25) is 0 Å². The van der Waals surface area contributed by atoms with Gasteiger partial charge in [0.25, 0.3) is 0 Å². The van der Waals surface area contributed by atoms with E-state index in [4.69, 9.17) is 10.4 Å². The lowest BCUT2D eigenvalue weighted by atomic mass is 10.1. The van der Waals surface area contributed by atoms with Gasteiger partial charge >= 0.3 is 0 Å². The second kappa shape index (κ2) is 4.23. The standard InChI is InChI=1S/C15H19N3/c1-10-8-11(2)14-12(9-10)15(16)18-7-5-3-4-6-13(18)17-14/h8-9,16H,3-7H2,1-2H3. The molecule has 1 aromatic heterocycles. The van der Waals surface area contributed by atoms with Crippen molar-refractivity contribution >= 4 is 10.9 Å². The molecule has 0 atom stereocenters. The Morgan fingerprint density at radius 3 is 2.83 bits per heavy atom. The quantitative estimate of drug-likeness (QED) is 0.757. The van der Waals surface area contributed by atoms with Crippen molar-refractivity contribution in [3.63, 3.8) is 0 Å². The fraction of sp³-hybridized carbons (Fsp3) is 0.467. The van der Waals surface area contributed by atoms with E-state index < -0.39 is 0 Å². The highest BCUT2D eigenvalue weighted by atomic mass is 15.1. The van der Waals surface area contributed by atoms with Crippen LogP contribution in [-0.2, 0) is 13.0 Å². The molecule has 2 aromatic rings. The van der Waals surface area contributed by atoms with E-state index in [0.29, 0.717) is 5.49 Å².